The second-order valence-electron chi connectivity index (χ2n) is 20.6. The Balaban J connectivity index is 0.000000310. The zero-order valence-electron chi connectivity index (χ0n) is 50.4. The molecule has 446 valence electrons. The summed E-state index contributed by atoms with van der Waals surface area (Å²) in [4.78, 5) is 69.5. The molecule has 4 heterocycles. The number of aromatic nitrogens is 8. The van der Waals surface area contributed by atoms with Gasteiger partial charge in [0.25, 0.3) is 0 Å². The SMILES string of the molecule is CCCN(CCC)CCCCN(CC(=O)OCC)Cc1ccc(CN(Cc2ncc[nH]2)Cc2nccn2C)cc1.CCCN(CCC)CCCCN(CC(=O)OCC)Cc1ccc(CNCc2ncc[nH]2)cc1.Cn1ccnc1C=O. The van der Waals surface area contributed by atoms with Gasteiger partial charge in [0, 0.05) is 89.8 Å². The number of hydrogen-bond donors (Lipinski definition) is 3. The van der Waals surface area contributed by atoms with E-state index in [-0.39, 0.29) is 11.9 Å². The van der Waals surface area contributed by atoms with E-state index in [2.05, 4.69) is 141 Å². The summed E-state index contributed by atoms with van der Waals surface area (Å²) in [7, 11) is 3.80. The van der Waals surface area contributed by atoms with Crippen LogP contribution in [-0.2, 0) is 79.0 Å². The highest BCUT2D eigenvalue weighted by Gasteiger charge is 2.17. The van der Waals surface area contributed by atoms with Gasteiger partial charge in [-0.3, -0.25) is 29.1 Å². The van der Waals surface area contributed by atoms with Crippen molar-refractivity contribution < 1.29 is 23.9 Å². The molecule has 0 atom stereocenters. The molecule has 19 heteroatoms. The summed E-state index contributed by atoms with van der Waals surface area (Å²) in [6, 6.07) is 17.4. The Labute approximate surface area is 484 Å². The summed E-state index contributed by atoms with van der Waals surface area (Å²) in [6.07, 6.45) is 24.3. The molecular weight excluding hydrogens is 1020 g/mol. The van der Waals surface area contributed by atoms with Gasteiger partial charge in [0.15, 0.2) is 12.1 Å². The maximum absolute atomic E-state index is 12.3. The number of benzene rings is 2. The number of hydrogen-bond acceptors (Lipinski definition) is 15. The molecule has 0 fully saturated rings. The molecule has 0 bridgehead atoms. The second-order valence-corrected chi connectivity index (χ2v) is 20.6. The van der Waals surface area contributed by atoms with Crippen molar-refractivity contribution in [3.63, 3.8) is 0 Å². The van der Waals surface area contributed by atoms with Crippen LogP contribution in [0, 0.1) is 0 Å². The summed E-state index contributed by atoms with van der Waals surface area (Å²) in [5, 5.41) is 3.40. The molecule has 0 aliphatic rings. The smallest absolute Gasteiger partial charge is 0.320 e. The fourth-order valence-corrected chi connectivity index (χ4v) is 9.49. The van der Waals surface area contributed by atoms with Gasteiger partial charge in [0.05, 0.1) is 45.9 Å². The number of aryl methyl sites for hydroxylation is 2. The fourth-order valence-electron chi connectivity index (χ4n) is 9.49. The fraction of sp³-hybridized carbons (Fsp3) is 0.565. The van der Waals surface area contributed by atoms with Gasteiger partial charge in [-0.15, -0.1) is 0 Å². The van der Waals surface area contributed by atoms with Gasteiger partial charge in [0.2, 0.25) is 0 Å². The van der Waals surface area contributed by atoms with Crippen molar-refractivity contribution in [1.29, 1.82) is 0 Å². The lowest BCUT2D eigenvalue weighted by molar-refractivity contribution is -0.145. The summed E-state index contributed by atoms with van der Waals surface area (Å²) in [6.45, 7) is 28.1. The number of carbonyl (C=O) groups excluding carboxylic acids is 3. The number of aldehydes is 1. The molecule has 0 radical (unpaired) electrons. The van der Waals surface area contributed by atoms with Crippen LogP contribution in [-0.4, -0.2) is 160 Å². The lowest BCUT2D eigenvalue weighted by atomic mass is 10.1. The van der Waals surface area contributed by atoms with E-state index in [0.29, 0.717) is 38.7 Å². The van der Waals surface area contributed by atoms with Gasteiger partial charge in [-0.25, -0.2) is 19.9 Å². The zero-order chi connectivity index (χ0) is 58.3. The minimum atomic E-state index is -0.152. The molecule has 6 aromatic rings. The third-order valence-corrected chi connectivity index (χ3v) is 13.5. The number of rotatable bonds is 39. The lowest BCUT2D eigenvalue weighted by Gasteiger charge is -2.24. The average molecular weight is 1120 g/mol. The Morgan fingerprint density at radius 2 is 0.926 bits per heavy atom. The molecule has 0 spiro atoms. The molecule has 0 aliphatic carbocycles. The van der Waals surface area contributed by atoms with E-state index in [1.807, 2.05) is 45.7 Å². The van der Waals surface area contributed by atoms with Crippen molar-refractivity contribution in [3.05, 3.63) is 144 Å². The molecule has 4 aromatic heterocycles. The Hall–Kier alpha value is -6.35. The highest BCUT2D eigenvalue weighted by molar-refractivity contribution is 5.72. The molecular formula is C62H98N14O5. The van der Waals surface area contributed by atoms with E-state index in [1.165, 1.54) is 61.0 Å². The van der Waals surface area contributed by atoms with Gasteiger partial charge in [-0.2, -0.15) is 0 Å². The molecule has 3 N–H and O–H groups in total. The van der Waals surface area contributed by atoms with Gasteiger partial charge < -0.3 is 43.7 Å². The van der Waals surface area contributed by atoms with E-state index in [4.69, 9.17) is 9.47 Å². The summed E-state index contributed by atoms with van der Waals surface area (Å²) < 4.78 is 14.2. The van der Waals surface area contributed by atoms with Crippen molar-refractivity contribution in [1.82, 2.24) is 68.9 Å². The zero-order valence-corrected chi connectivity index (χ0v) is 50.4. The van der Waals surface area contributed by atoms with Crippen LogP contribution in [0.2, 0.25) is 0 Å². The Morgan fingerprint density at radius 3 is 1.31 bits per heavy atom. The van der Waals surface area contributed by atoms with Crippen molar-refractivity contribution >= 4 is 18.2 Å². The predicted octanol–water partition coefficient (Wildman–Crippen LogP) is 8.81. The standard InChI is InChI=1S/C31H49N7O2.C26H43N5O2.C5H6N2O/c1-5-17-36(18-6-2)19-8-9-20-37(26-31(39)40-7-3)22-27-10-12-28(13-11-27)23-38(24-29-32-14-15-33-29)25-30-34-16-21-35(30)4;1-4-15-30(16-5-2)17-7-8-18-31(22-26(32)33-6-3)21-24-11-9-23(10-12-24)19-27-20-25-28-13-14-29-25;1-7-3-2-6-5(7)4-8/h10-16,21H,5-9,17-20,22-26H2,1-4H3,(H,32,33);9-14,27H,4-8,15-22H2,1-3H3,(H,28,29);2-4H,1H3. The molecule has 0 aliphatic heterocycles. The number of ether oxygens (including phenoxy) is 2. The molecule has 0 unspecified atom stereocenters. The Kier molecular flexibility index (Phi) is 33.8. The summed E-state index contributed by atoms with van der Waals surface area (Å²) >= 11 is 0. The number of nitrogens with one attached hydrogen (secondary N) is 3. The number of unbranched alkanes of at least 4 members (excludes halogenated alkanes) is 2. The van der Waals surface area contributed by atoms with E-state index in [1.54, 1.807) is 36.4 Å². The molecule has 0 amide bonds. The number of H-pyrrole nitrogens is 2. The lowest BCUT2D eigenvalue weighted by Crippen LogP contribution is -2.32. The molecule has 6 rings (SSSR count). The number of esters is 2. The Bertz CT molecular complexity index is 2500. The third-order valence-electron chi connectivity index (χ3n) is 13.5. The van der Waals surface area contributed by atoms with Crippen LogP contribution in [0.1, 0.15) is 143 Å². The second kappa shape index (κ2) is 40.8. The number of carbonyl (C=O) groups is 3. The van der Waals surface area contributed by atoms with E-state index >= 15 is 0 Å². The summed E-state index contributed by atoms with van der Waals surface area (Å²) in [5.74, 6) is 3.06. The highest BCUT2D eigenvalue weighted by atomic mass is 16.5. The summed E-state index contributed by atoms with van der Waals surface area (Å²) in [5.41, 5.74) is 4.88. The van der Waals surface area contributed by atoms with Gasteiger partial charge in [0.1, 0.15) is 17.5 Å². The number of aromatic amines is 2. The van der Waals surface area contributed by atoms with Crippen LogP contribution in [0.15, 0.2) is 98.1 Å². The maximum atomic E-state index is 12.3. The van der Waals surface area contributed by atoms with Gasteiger partial charge >= 0.3 is 11.9 Å². The number of imidazole rings is 4. The first-order valence-electron chi connectivity index (χ1n) is 29.6. The van der Waals surface area contributed by atoms with Crippen LogP contribution < -0.4 is 5.32 Å². The van der Waals surface area contributed by atoms with Crippen molar-refractivity contribution in [2.45, 2.75) is 139 Å². The normalized spacial score (nSPS) is 11.3. The van der Waals surface area contributed by atoms with Gasteiger partial charge in [-0.05, 0) is 140 Å². The van der Waals surface area contributed by atoms with Crippen molar-refractivity contribution in [2.75, 3.05) is 78.7 Å². The van der Waals surface area contributed by atoms with E-state index < -0.39 is 0 Å². The quantitative estimate of drug-likeness (QED) is 0.0188. The van der Waals surface area contributed by atoms with E-state index in [9.17, 15) is 14.4 Å². The maximum Gasteiger partial charge on any atom is 0.320 e. The van der Waals surface area contributed by atoms with Gasteiger partial charge in [-0.1, -0.05) is 76.2 Å². The molecule has 2 aromatic carbocycles. The first-order chi connectivity index (χ1) is 39.5. The topological polar surface area (TPSA) is 191 Å². The third kappa shape index (κ3) is 28.3. The monoisotopic (exact) mass is 1120 g/mol. The van der Waals surface area contributed by atoms with Crippen LogP contribution in [0.4, 0.5) is 0 Å². The first-order valence-corrected chi connectivity index (χ1v) is 29.6. The molecule has 19 nitrogen and oxygen atoms in total. The molecule has 81 heavy (non-hydrogen) atoms. The van der Waals surface area contributed by atoms with Crippen LogP contribution in [0.3, 0.4) is 0 Å². The van der Waals surface area contributed by atoms with Crippen molar-refractivity contribution in [3.8, 4) is 0 Å². The number of nitrogens with zero attached hydrogens (tertiary/aromatic N) is 11. The minimum Gasteiger partial charge on any atom is -0.465 e. The predicted molar refractivity (Wildman–Crippen MR) is 322 cm³/mol. The van der Waals surface area contributed by atoms with Crippen LogP contribution in [0.5, 0.6) is 0 Å². The minimum absolute atomic E-state index is 0.144. The highest BCUT2D eigenvalue weighted by Crippen LogP contribution is 2.16. The largest absolute Gasteiger partial charge is 0.465 e. The Morgan fingerprint density at radius 1 is 0.494 bits per heavy atom. The average Bonchev–Trinajstić information content (AvgIpc) is 4.32. The van der Waals surface area contributed by atoms with Crippen molar-refractivity contribution in [2.24, 2.45) is 14.1 Å². The molecule has 0 saturated heterocycles. The molecule has 0 saturated carbocycles. The first kappa shape index (κ1) is 67.2. The van der Waals surface area contributed by atoms with Crippen LogP contribution in [0.25, 0.3) is 0 Å². The van der Waals surface area contributed by atoms with E-state index in [0.717, 1.165) is 128 Å². The van der Waals surface area contributed by atoms with Crippen LogP contribution >= 0.6 is 0 Å².